The summed E-state index contributed by atoms with van der Waals surface area (Å²) in [6, 6.07) is 3.22. The average molecular weight is 278 g/mol. The van der Waals surface area contributed by atoms with E-state index < -0.39 is 0 Å². The molecule has 106 valence electrons. The van der Waals surface area contributed by atoms with Crippen molar-refractivity contribution in [2.45, 2.75) is 63.3 Å². The molecule has 2 aliphatic carbocycles. The zero-order valence-electron chi connectivity index (χ0n) is 12.4. The van der Waals surface area contributed by atoms with Gasteiger partial charge in [-0.2, -0.15) is 11.8 Å². The minimum atomic E-state index is 0.234. The molecule has 3 heteroatoms. The van der Waals surface area contributed by atoms with Crippen molar-refractivity contribution in [1.82, 2.24) is 4.57 Å². The zero-order chi connectivity index (χ0) is 13.6. The van der Waals surface area contributed by atoms with Crippen molar-refractivity contribution in [3.63, 3.8) is 0 Å². The molecule has 1 aromatic rings. The van der Waals surface area contributed by atoms with Gasteiger partial charge in [-0.25, -0.2) is 0 Å². The minimum Gasteiger partial charge on any atom is -0.348 e. The van der Waals surface area contributed by atoms with E-state index in [4.69, 9.17) is 5.73 Å². The summed E-state index contributed by atoms with van der Waals surface area (Å²) >= 11 is 2.03. The maximum atomic E-state index is 6.37. The van der Waals surface area contributed by atoms with Gasteiger partial charge in [-0.05, 0) is 55.4 Å². The molecule has 2 N–H and O–H groups in total. The molecule has 0 bridgehead atoms. The van der Waals surface area contributed by atoms with Crippen LogP contribution >= 0.6 is 11.8 Å². The Balaban J connectivity index is 1.89. The van der Waals surface area contributed by atoms with Crippen molar-refractivity contribution >= 4 is 11.8 Å². The van der Waals surface area contributed by atoms with E-state index >= 15 is 0 Å². The zero-order valence-corrected chi connectivity index (χ0v) is 13.2. The van der Waals surface area contributed by atoms with Gasteiger partial charge in [0, 0.05) is 29.2 Å². The van der Waals surface area contributed by atoms with Crippen molar-refractivity contribution in [3.8, 4) is 0 Å². The van der Waals surface area contributed by atoms with Crippen molar-refractivity contribution in [3.05, 3.63) is 23.5 Å². The Hall–Kier alpha value is -0.410. The maximum Gasteiger partial charge on any atom is 0.0344 e. The first-order valence-electron chi connectivity index (χ1n) is 7.48. The molecule has 0 saturated heterocycles. The molecule has 3 unspecified atom stereocenters. The standard InChI is InChI=1S/C16H26N2S/c1-16(2)9-14(17)13-6-7-18(15(13)10-16)11-4-5-12(8-11)19-3/h6-7,11-12,14H,4-5,8-10,17H2,1-3H3. The van der Waals surface area contributed by atoms with Gasteiger partial charge in [0.2, 0.25) is 0 Å². The second-order valence-electron chi connectivity index (χ2n) is 7.10. The Morgan fingerprint density at radius 3 is 2.84 bits per heavy atom. The predicted octanol–water partition coefficient (Wildman–Crippen LogP) is 3.92. The second kappa shape index (κ2) is 4.85. The van der Waals surface area contributed by atoms with Gasteiger partial charge in [0.1, 0.15) is 0 Å². The second-order valence-corrected chi connectivity index (χ2v) is 8.24. The largest absolute Gasteiger partial charge is 0.348 e. The van der Waals surface area contributed by atoms with Crippen molar-refractivity contribution in [1.29, 1.82) is 0 Å². The third kappa shape index (κ3) is 2.47. The van der Waals surface area contributed by atoms with Gasteiger partial charge in [-0.3, -0.25) is 0 Å². The Bertz CT molecular complexity index is 463. The lowest BCUT2D eigenvalue weighted by Crippen LogP contribution is -2.31. The van der Waals surface area contributed by atoms with E-state index in [-0.39, 0.29) is 6.04 Å². The van der Waals surface area contributed by atoms with Crippen LogP contribution in [-0.4, -0.2) is 16.1 Å². The molecule has 0 aromatic carbocycles. The van der Waals surface area contributed by atoms with Crippen LogP contribution in [0.5, 0.6) is 0 Å². The number of hydrogen-bond donors (Lipinski definition) is 1. The molecule has 0 aliphatic heterocycles. The van der Waals surface area contributed by atoms with Crippen LogP contribution in [0.3, 0.4) is 0 Å². The van der Waals surface area contributed by atoms with Crippen molar-refractivity contribution < 1.29 is 0 Å². The SMILES string of the molecule is CSC1CCC(n2ccc3c2CC(C)(C)CC3N)C1. The Morgan fingerprint density at radius 2 is 2.16 bits per heavy atom. The molecular weight excluding hydrogens is 252 g/mol. The number of hydrogen-bond acceptors (Lipinski definition) is 2. The fraction of sp³-hybridized carbons (Fsp3) is 0.750. The Kier molecular flexibility index (Phi) is 3.46. The van der Waals surface area contributed by atoms with Gasteiger partial charge in [0.15, 0.2) is 0 Å². The molecule has 0 amide bonds. The molecule has 2 nitrogen and oxygen atoms in total. The van der Waals surface area contributed by atoms with E-state index in [9.17, 15) is 0 Å². The molecule has 1 fully saturated rings. The fourth-order valence-corrected chi connectivity index (χ4v) is 4.77. The number of fused-ring (bicyclic) bond motifs is 1. The van der Waals surface area contributed by atoms with Gasteiger partial charge >= 0.3 is 0 Å². The average Bonchev–Trinajstić information content (AvgIpc) is 2.92. The third-order valence-corrected chi connectivity index (χ3v) is 6.06. The van der Waals surface area contributed by atoms with Crippen LogP contribution in [0.2, 0.25) is 0 Å². The molecule has 1 heterocycles. The smallest absolute Gasteiger partial charge is 0.0344 e. The van der Waals surface area contributed by atoms with Crippen LogP contribution in [-0.2, 0) is 6.42 Å². The van der Waals surface area contributed by atoms with E-state index in [1.54, 1.807) is 0 Å². The molecular formula is C16H26N2S. The van der Waals surface area contributed by atoms with Crippen molar-refractivity contribution in [2.75, 3.05) is 6.26 Å². The highest BCUT2D eigenvalue weighted by atomic mass is 32.2. The quantitative estimate of drug-likeness (QED) is 0.889. The number of thioether (sulfide) groups is 1. The van der Waals surface area contributed by atoms with Gasteiger partial charge in [-0.15, -0.1) is 0 Å². The summed E-state index contributed by atoms with van der Waals surface area (Å²) in [5.41, 5.74) is 9.65. The van der Waals surface area contributed by atoms with Gasteiger partial charge < -0.3 is 10.3 Å². The highest BCUT2D eigenvalue weighted by molar-refractivity contribution is 7.99. The molecule has 1 saturated carbocycles. The van der Waals surface area contributed by atoms with E-state index in [0.717, 1.165) is 11.7 Å². The van der Waals surface area contributed by atoms with Crippen LogP contribution < -0.4 is 5.73 Å². The summed E-state index contributed by atoms with van der Waals surface area (Å²) < 4.78 is 2.56. The Morgan fingerprint density at radius 1 is 1.37 bits per heavy atom. The molecule has 3 atom stereocenters. The first kappa shape index (κ1) is 13.6. The van der Waals surface area contributed by atoms with Crippen LogP contribution in [0.4, 0.5) is 0 Å². The van der Waals surface area contributed by atoms with Gasteiger partial charge in [-0.1, -0.05) is 13.8 Å². The lowest BCUT2D eigenvalue weighted by atomic mass is 9.74. The van der Waals surface area contributed by atoms with Crippen molar-refractivity contribution in [2.24, 2.45) is 11.1 Å². The summed E-state index contributed by atoms with van der Waals surface area (Å²) in [4.78, 5) is 0. The number of nitrogens with zero attached hydrogens (tertiary/aromatic N) is 1. The normalized spacial score (nSPS) is 33.4. The number of rotatable bonds is 2. The Labute approximate surface area is 121 Å². The lowest BCUT2D eigenvalue weighted by molar-refractivity contribution is 0.271. The maximum absolute atomic E-state index is 6.37. The highest BCUT2D eigenvalue weighted by Crippen LogP contribution is 2.43. The third-order valence-electron chi connectivity index (χ3n) is 4.96. The summed E-state index contributed by atoms with van der Waals surface area (Å²) in [6.07, 6.45) is 10.9. The topological polar surface area (TPSA) is 30.9 Å². The summed E-state index contributed by atoms with van der Waals surface area (Å²) in [6.45, 7) is 4.71. The summed E-state index contributed by atoms with van der Waals surface area (Å²) in [7, 11) is 0. The lowest BCUT2D eigenvalue weighted by Gasteiger charge is -2.35. The van der Waals surface area contributed by atoms with E-state index in [1.807, 2.05) is 11.8 Å². The van der Waals surface area contributed by atoms with Gasteiger partial charge in [0.05, 0.1) is 0 Å². The minimum absolute atomic E-state index is 0.234. The number of aromatic nitrogens is 1. The summed E-state index contributed by atoms with van der Waals surface area (Å²) in [5, 5.41) is 0.855. The van der Waals surface area contributed by atoms with E-state index in [0.29, 0.717) is 11.5 Å². The van der Waals surface area contributed by atoms with E-state index in [2.05, 4.69) is 36.9 Å². The molecule has 0 spiro atoms. The van der Waals surface area contributed by atoms with Crippen LogP contribution in [0, 0.1) is 5.41 Å². The molecule has 3 rings (SSSR count). The van der Waals surface area contributed by atoms with E-state index in [1.165, 1.54) is 36.9 Å². The first-order valence-corrected chi connectivity index (χ1v) is 8.77. The predicted molar refractivity (Wildman–Crippen MR) is 83.7 cm³/mol. The summed E-state index contributed by atoms with van der Waals surface area (Å²) in [5.74, 6) is 0. The molecule has 2 aliphatic rings. The van der Waals surface area contributed by atoms with Crippen LogP contribution in [0.15, 0.2) is 12.3 Å². The van der Waals surface area contributed by atoms with Crippen LogP contribution in [0.1, 0.15) is 62.9 Å². The number of nitrogens with two attached hydrogens (primary N) is 1. The molecule has 19 heavy (non-hydrogen) atoms. The van der Waals surface area contributed by atoms with Crippen LogP contribution in [0.25, 0.3) is 0 Å². The van der Waals surface area contributed by atoms with Gasteiger partial charge in [0.25, 0.3) is 0 Å². The fourth-order valence-electron chi connectivity index (χ4n) is 3.98. The first-order chi connectivity index (χ1) is 9.00. The monoisotopic (exact) mass is 278 g/mol. The molecule has 0 radical (unpaired) electrons. The highest BCUT2D eigenvalue weighted by Gasteiger charge is 2.35. The molecule has 1 aromatic heterocycles.